The number of nitrogens with zero attached hydrogens (tertiary/aromatic N) is 1. The maximum absolute atomic E-state index is 5.90. The van der Waals surface area contributed by atoms with E-state index in [9.17, 15) is 0 Å². The van der Waals surface area contributed by atoms with Gasteiger partial charge in [0.25, 0.3) is 0 Å². The highest BCUT2D eigenvalue weighted by molar-refractivity contribution is 4.93. The number of fused-ring (bicyclic) bond motifs is 1. The Morgan fingerprint density at radius 1 is 1.33 bits per heavy atom. The molecule has 3 atom stereocenters. The number of nitrogens with one attached hydrogen (secondary N) is 1. The fourth-order valence-corrected chi connectivity index (χ4v) is 3.36. The molecule has 0 radical (unpaired) electrons. The van der Waals surface area contributed by atoms with Gasteiger partial charge in [-0.15, -0.1) is 0 Å². The van der Waals surface area contributed by atoms with Crippen LogP contribution in [0.15, 0.2) is 0 Å². The lowest BCUT2D eigenvalue weighted by atomic mass is 9.86. The zero-order valence-corrected chi connectivity index (χ0v) is 12.5. The minimum absolute atomic E-state index is 0.322. The van der Waals surface area contributed by atoms with Gasteiger partial charge in [-0.3, -0.25) is 4.90 Å². The average Bonchev–Trinajstić information content (AvgIpc) is 2.76. The second-order valence-corrected chi connectivity index (χ2v) is 6.88. The summed E-state index contributed by atoms with van der Waals surface area (Å²) in [7, 11) is 0. The predicted molar refractivity (Wildman–Crippen MR) is 75.9 cm³/mol. The fourth-order valence-electron chi connectivity index (χ4n) is 3.36. The minimum Gasteiger partial charge on any atom is -0.375 e. The molecule has 1 heterocycles. The lowest BCUT2D eigenvalue weighted by molar-refractivity contribution is -0.0617. The van der Waals surface area contributed by atoms with Crippen LogP contribution in [0.2, 0.25) is 0 Å². The van der Waals surface area contributed by atoms with Crippen LogP contribution in [0.25, 0.3) is 0 Å². The standard InChI is InChI=1S/C15H30N2O/c1-5-16-14(15(2,3)4)11-17-9-10-18-13-8-6-7-12(13)17/h12-14,16H,5-11H2,1-4H3. The quantitative estimate of drug-likeness (QED) is 0.833. The summed E-state index contributed by atoms with van der Waals surface area (Å²) in [5, 5.41) is 3.67. The van der Waals surface area contributed by atoms with Crippen LogP contribution < -0.4 is 5.32 Å². The first-order valence-electron chi connectivity index (χ1n) is 7.61. The van der Waals surface area contributed by atoms with Gasteiger partial charge >= 0.3 is 0 Å². The lowest BCUT2D eigenvalue weighted by Gasteiger charge is -2.42. The molecule has 1 saturated carbocycles. The molecular weight excluding hydrogens is 224 g/mol. The summed E-state index contributed by atoms with van der Waals surface area (Å²) < 4.78 is 5.90. The molecule has 1 saturated heterocycles. The van der Waals surface area contributed by atoms with Crippen molar-refractivity contribution < 1.29 is 4.74 Å². The van der Waals surface area contributed by atoms with E-state index < -0.39 is 0 Å². The molecule has 1 aliphatic heterocycles. The van der Waals surface area contributed by atoms with E-state index in [1.54, 1.807) is 0 Å². The molecule has 3 nitrogen and oxygen atoms in total. The number of hydrogen-bond acceptors (Lipinski definition) is 3. The van der Waals surface area contributed by atoms with Crippen LogP contribution in [-0.2, 0) is 4.74 Å². The Morgan fingerprint density at radius 2 is 2.11 bits per heavy atom. The highest BCUT2D eigenvalue weighted by atomic mass is 16.5. The van der Waals surface area contributed by atoms with Gasteiger partial charge in [0.05, 0.1) is 12.7 Å². The van der Waals surface area contributed by atoms with Crippen LogP contribution in [0, 0.1) is 5.41 Å². The minimum atomic E-state index is 0.322. The molecule has 0 aromatic heterocycles. The zero-order valence-electron chi connectivity index (χ0n) is 12.5. The first-order chi connectivity index (χ1) is 8.52. The number of hydrogen-bond donors (Lipinski definition) is 1. The first-order valence-corrected chi connectivity index (χ1v) is 7.61. The van der Waals surface area contributed by atoms with Gasteiger partial charge in [0.2, 0.25) is 0 Å². The van der Waals surface area contributed by atoms with Gasteiger partial charge in [0.15, 0.2) is 0 Å². The average molecular weight is 254 g/mol. The Kier molecular flexibility index (Phi) is 4.68. The third-order valence-electron chi connectivity index (χ3n) is 4.51. The topological polar surface area (TPSA) is 24.5 Å². The van der Waals surface area contributed by atoms with Crippen LogP contribution in [0.3, 0.4) is 0 Å². The Morgan fingerprint density at radius 3 is 2.78 bits per heavy atom. The molecule has 3 heteroatoms. The van der Waals surface area contributed by atoms with Crippen molar-refractivity contribution in [2.75, 3.05) is 26.2 Å². The van der Waals surface area contributed by atoms with E-state index in [0.717, 1.165) is 19.7 Å². The van der Waals surface area contributed by atoms with Crippen molar-refractivity contribution in [3.8, 4) is 0 Å². The molecule has 3 unspecified atom stereocenters. The smallest absolute Gasteiger partial charge is 0.0730 e. The van der Waals surface area contributed by atoms with Crippen LogP contribution in [0.5, 0.6) is 0 Å². The molecule has 2 rings (SSSR count). The van der Waals surface area contributed by atoms with E-state index in [1.165, 1.54) is 25.8 Å². The summed E-state index contributed by atoms with van der Waals surface area (Å²) in [5.74, 6) is 0. The molecule has 0 aromatic rings. The maximum Gasteiger partial charge on any atom is 0.0730 e. The van der Waals surface area contributed by atoms with Crippen molar-refractivity contribution in [1.29, 1.82) is 0 Å². The predicted octanol–water partition coefficient (Wildman–Crippen LogP) is 2.26. The molecule has 2 fully saturated rings. The monoisotopic (exact) mass is 254 g/mol. The molecule has 0 spiro atoms. The van der Waals surface area contributed by atoms with Crippen molar-refractivity contribution >= 4 is 0 Å². The number of morpholine rings is 1. The van der Waals surface area contributed by atoms with Crippen molar-refractivity contribution in [2.24, 2.45) is 5.41 Å². The van der Waals surface area contributed by atoms with Crippen molar-refractivity contribution in [2.45, 2.75) is 65.1 Å². The van der Waals surface area contributed by atoms with E-state index in [-0.39, 0.29) is 0 Å². The first kappa shape index (κ1) is 14.3. The van der Waals surface area contributed by atoms with Crippen molar-refractivity contribution in [3.63, 3.8) is 0 Å². The summed E-state index contributed by atoms with van der Waals surface area (Å²) in [6, 6.07) is 1.25. The largest absolute Gasteiger partial charge is 0.375 e. The zero-order chi connectivity index (χ0) is 13.2. The van der Waals surface area contributed by atoms with Crippen LogP contribution in [-0.4, -0.2) is 49.3 Å². The Bertz CT molecular complexity index is 262. The normalized spacial score (nSPS) is 31.3. The molecular formula is C15H30N2O. The number of ether oxygens (including phenoxy) is 1. The Balaban J connectivity index is 1.97. The van der Waals surface area contributed by atoms with E-state index in [4.69, 9.17) is 4.74 Å². The SMILES string of the molecule is CCNC(CN1CCOC2CCCC21)C(C)(C)C. The molecule has 0 aromatic carbocycles. The van der Waals surface area contributed by atoms with E-state index in [0.29, 0.717) is 23.6 Å². The van der Waals surface area contributed by atoms with Gasteiger partial charge in [-0.25, -0.2) is 0 Å². The van der Waals surface area contributed by atoms with E-state index in [1.807, 2.05) is 0 Å². The molecule has 106 valence electrons. The van der Waals surface area contributed by atoms with Crippen molar-refractivity contribution in [1.82, 2.24) is 10.2 Å². The molecule has 0 bridgehead atoms. The van der Waals surface area contributed by atoms with Gasteiger partial charge in [-0.2, -0.15) is 0 Å². The Hall–Kier alpha value is -0.120. The highest BCUT2D eigenvalue weighted by Crippen LogP contribution is 2.31. The Labute approximate surface area is 112 Å². The van der Waals surface area contributed by atoms with Crippen molar-refractivity contribution in [3.05, 3.63) is 0 Å². The summed E-state index contributed by atoms with van der Waals surface area (Å²) in [6.45, 7) is 13.5. The molecule has 0 amide bonds. The molecule has 1 N–H and O–H groups in total. The molecule has 2 aliphatic rings. The number of rotatable bonds is 4. The van der Waals surface area contributed by atoms with Gasteiger partial charge in [0.1, 0.15) is 0 Å². The second-order valence-electron chi connectivity index (χ2n) is 6.88. The lowest BCUT2D eigenvalue weighted by Crippen LogP contribution is -2.56. The van der Waals surface area contributed by atoms with E-state index >= 15 is 0 Å². The van der Waals surface area contributed by atoms with Crippen LogP contribution in [0.4, 0.5) is 0 Å². The van der Waals surface area contributed by atoms with E-state index in [2.05, 4.69) is 37.9 Å². The van der Waals surface area contributed by atoms with Crippen LogP contribution in [0.1, 0.15) is 47.0 Å². The van der Waals surface area contributed by atoms with Gasteiger partial charge < -0.3 is 10.1 Å². The highest BCUT2D eigenvalue weighted by Gasteiger charge is 2.38. The third-order valence-corrected chi connectivity index (χ3v) is 4.51. The summed E-state index contributed by atoms with van der Waals surface area (Å²) in [4.78, 5) is 2.68. The summed E-state index contributed by atoms with van der Waals surface area (Å²) in [5.41, 5.74) is 0.322. The number of likely N-dealkylation sites (N-methyl/N-ethyl adjacent to an activating group) is 1. The maximum atomic E-state index is 5.90. The fraction of sp³-hybridized carbons (Fsp3) is 1.00. The van der Waals surface area contributed by atoms with Gasteiger partial charge in [-0.1, -0.05) is 27.7 Å². The van der Waals surface area contributed by atoms with Crippen LogP contribution >= 0.6 is 0 Å². The summed E-state index contributed by atoms with van der Waals surface area (Å²) in [6.07, 6.45) is 4.45. The summed E-state index contributed by atoms with van der Waals surface area (Å²) >= 11 is 0. The molecule has 18 heavy (non-hydrogen) atoms. The second kappa shape index (κ2) is 5.89. The molecule has 1 aliphatic carbocycles. The van der Waals surface area contributed by atoms with Gasteiger partial charge in [0, 0.05) is 25.2 Å². The van der Waals surface area contributed by atoms with Gasteiger partial charge in [-0.05, 0) is 31.2 Å². The third kappa shape index (κ3) is 3.25.